The van der Waals surface area contributed by atoms with E-state index in [-0.39, 0.29) is 16.7 Å². The Morgan fingerprint density at radius 1 is 0.667 bits per heavy atom. The SMILES string of the molecule is O=C(O)C[CH][C@H]1OC(=O)[C@H](OC(=O)c2ccccc2)[C@@H](OC(=O)c2ccccc2)[C@@H]1OC(=O)c1ccccc1. The summed E-state index contributed by atoms with van der Waals surface area (Å²) in [6.07, 6.45) is -5.94. The van der Waals surface area contributed by atoms with Gasteiger partial charge in [-0.2, -0.15) is 0 Å². The quantitative estimate of drug-likeness (QED) is 0.323. The van der Waals surface area contributed by atoms with Crippen molar-refractivity contribution in [3.8, 4) is 0 Å². The normalized spacial score (nSPS) is 20.3. The van der Waals surface area contributed by atoms with Crippen molar-refractivity contribution in [2.75, 3.05) is 0 Å². The number of carbonyl (C=O) groups excluding carboxylic acids is 4. The number of carbonyl (C=O) groups is 5. The van der Waals surface area contributed by atoms with Gasteiger partial charge < -0.3 is 24.1 Å². The first kappa shape index (κ1) is 27.1. The Kier molecular flexibility index (Phi) is 8.67. The smallest absolute Gasteiger partial charge is 0.352 e. The zero-order chi connectivity index (χ0) is 27.8. The number of carboxylic acid groups (broad SMARTS) is 1. The third-order valence-electron chi connectivity index (χ3n) is 5.70. The molecule has 1 N–H and O–H groups in total. The van der Waals surface area contributed by atoms with Crippen molar-refractivity contribution in [2.45, 2.75) is 30.8 Å². The monoisotopic (exact) mass is 531 g/mol. The van der Waals surface area contributed by atoms with Gasteiger partial charge in [0.2, 0.25) is 6.10 Å². The summed E-state index contributed by atoms with van der Waals surface area (Å²) < 4.78 is 22.0. The van der Waals surface area contributed by atoms with E-state index in [9.17, 15) is 29.1 Å². The molecular formula is C29H23O10. The Morgan fingerprint density at radius 2 is 1.08 bits per heavy atom. The minimum absolute atomic E-state index is 0.107. The van der Waals surface area contributed by atoms with E-state index in [1.54, 1.807) is 54.6 Å². The number of carboxylic acids is 1. The number of rotatable bonds is 9. The highest BCUT2D eigenvalue weighted by atomic mass is 16.7. The average Bonchev–Trinajstić information content (AvgIpc) is 2.96. The van der Waals surface area contributed by atoms with Crippen LogP contribution in [0.1, 0.15) is 37.5 Å². The fourth-order valence-corrected chi connectivity index (χ4v) is 3.83. The minimum atomic E-state index is -1.83. The second kappa shape index (κ2) is 12.5. The first-order valence-corrected chi connectivity index (χ1v) is 11.9. The average molecular weight is 531 g/mol. The van der Waals surface area contributed by atoms with Crippen LogP contribution < -0.4 is 0 Å². The summed E-state index contributed by atoms with van der Waals surface area (Å²) in [5.41, 5.74) is 0.358. The predicted octanol–water partition coefficient (Wildman–Crippen LogP) is 3.27. The van der Waals surface area contributed by atoms with Gasteiger partial charge in [-0.15, -0.1) is 0 Å². The van der Waals surface area contributed by atoms with E-state index < -0.39 is 60.7 Å². The first-order chi connectivity index (χ1) is 18.8. The summed E-state index contributed by atoms with van der Waals surface area (Å²) in [6, 6.07) is 23.4. The lowest BCUT2D eigenvalue weighted by Gasteiger charge is -2.39. The summed E-state index contributed by atoms with van der Waals surface area (Å²) in [6.45, 7) is 0. The van der Waals surface area contributed by atoms with Gasteiger partial charge in [-0.05, 0) is 36.4 Å². The van der Waals surface area contributed by atoms with Crippen LogP contribution in [0.3, 0.4) is 0 Å². The van der Waals surface area contributed by atoms with Gasteiger partial charge in [0.05, 0.1) is 23.1 Å². The molecule has 0 unspecified atom stereocenters. The topological polar surface area (TPSA) is 143 Å². The summed E-state index contributed by atoms with van der Waals surface area (Å²) in [5, 5.41) is 9.18. The van der Waals surface area contributed by atoms with Gasteiger partial charge in [0.15, 0.2) is 12.2 Å². The van der Waals surface area contributed by atoms with E-state index in [1.807, 2.05) is 0 Å². The maximum absolute atomic E-state index is 13.0. The summed E-state index contributed by atoms with van der Waals surface area (Å²) in [5.74, 6) is -5.02. The minimum Gasteiger partial charge on any atom is -0.481 e. The third kappa shape index (κ3) is 6.86. The fourth-order valence-electron chi connectivity index (χ4n) is 3.83. The Balaban J connectivity index is 1.70. The molecule has 0 bridgehead atoms. The Bertz CT molecular complexity index is 1320. The largest absolute Gasteiger partial charge is 0.481 e. The van der Waals surface area contributed by atoms with E-state index in [0.717, 1.165) is 6.42 Å². The van der Waals surface area contributed by atoms with Gasteiger partial charge in [0.25, 0.3) is 0 Å². The zero-order valence-electron chi connectivity index (χ0n) is 20.4. The lowest BCUT2D eigenvalue weighted by Crippen LogP contribution is -2.60. The summed E-state index contributed by atoms with van der Waals surface area (Å²) in [4.78, 5) is 63.2. The third-order valence-corrected chi connectivity index (χ3v) is 5.70. The van der Waals surface area contributed by atoms with Crippen molar-refractivity contribution >= 4 is 29.8 Å². The van der Waals surface area contributed by atoms with Crippen LogP contribution in [0.4, 0.5) is 0 Å². The molecule has 4 rings (SSSR count). The molecule has 1 aliphatic rings. The molecule has 1 fully saturated rings. The van der Waals surface area contributed by atoms with E-state index in [4.69, 9.17) is 18.9 Å². The number of cyclic esters (lactones) is 1. The van der Waals surface area contributed by atoms with E-state index in [1.165, 1.54) is 36.4 Å². The molecular weight excluding hydrogens is 508 g/mol. The van der Waals surface area contributed by atoms with Crippen molar-refractivity contribution in [1.82, 2.24) is 0 Å². The Morgan fingerprint density at radius 3 is 1.51 bits per heavy atom. The van der Waals surface area contributed by atoms with Crippen molar-refractivity contribution in [3.63, 3.8) is 0 Å². The highest BCUT2D eigenvalue weighted by molar-refractivity contribution is 5.93. The van der Waals surface area contributed by atoms with Gasteiger partial charge in [-0.1, -0.05) is 54.6 Å². The molecule has 1 radical (unpaired) electrons. The Hall–Kier alpha value is -4.99. The highest BCUT2D eigenvalue weighted by Crippen LogP contribution is 2.29. The number of aliphatic carboxylic acids is 1. The summed E-state index contributed by atoms with van der Waals surface area (Å²) in [7, 11) is 0. The van der Waals surface area contributed by atoms with Crippen molar-refractivity contribution < 1.29 is 48.0 Å². The number of hydrogen-bond donors (Lipinski definition) is 1. The van der Waals surface area contributed by atoms with Crippen LogP contribution >= 0.6 is 0 Å². The fraction of sp³-hybridized carbons (Fsp3) is 0.172. The van der Waals surface area contributed by atoms with Gasteiger partial charge in [-0.3, -0.25) is 4.79 Å². The van der Waals surface area contributed by atoms with Crippen LogP contribution in [-0.2, 0) is 28.5 Å². The number of esters is 4. The van der Waals surface area contributed by atoms with Crippen LogP contribution in [0.5, 0.6) is 0 Å². The molecule has 0 amide bonds. The highest BCUT2D eigenvalue weighted by Gasteiger charge is 2.53. The van der Waals surface area contributed by atoms with Crippen LogP contribution in [0.15, 0.2) is 91.0 Å². The molecule has 199 valence electrons. The molecule has 10 nitrogen and oxygen atoms in total. The number of ether oxygens (including phenoxy) is 4. The molecule has 0 spiro atoms. The molecule has 1 saturated heterocycles. The molecule has 39 heavy (non-hydrogen) atoms. The Labute approximate surface area is 223 Å². The molecule has 10 heteroatoms. The predicted molar refractivity (Wildman–Crippen MR) is 133 cm³/mol. The standard InChI is InChI=1S/C29H23O10/c30-22(31)17-16-21-23(37-26(32)18-10-4-1-5-11-18)24(38-27(33)19-12-6-2-7-13-19)25(29(35)36-21)39-28(34)20-14-8-3-9-15-20/h1-16,21,23-25H,17H2,(H,30,31)/t21-,23-,24+,25-/m1/s1. The first-order valence-electron chi connectivity index (χ1n) is 11.9. The molecule has 0 aliphatic carbocycles. The van der Waals surface area contributed by atoms with E-state index >= 15 is 0 Å². The molecule has 4 atom stereocenters. The van der Waals surface area contributed by atoms with Crippen LogP contribution in [0.25, 0.3) is 0 Å². The van der Waals surface area contributed by atoms with Crippen LogP contribution in [0, 0.1) is 6.42 Å². The van der Waals surface area contributed by atoms with Gasteiger partial charge >= 0.3 is 29.8 Å². The maximum Gasteiger partial charge on any atom is 0.352 e. The lowest BCUT2D eigenvalue weighted by molar-refractivity contribution is -0.199. The molecule has 0 saturated carbocycles. The molecule has 1 heterocycles. The van der Waals surface area contributed by atoms with Crippen LogP contribution in [0.2, 0.25) is 0 Å². The second-order valence-corrected chi connectivity index (χ2v) is 8.40. The van der Waals surface area contributed by atoms with E-state index in [0.29, 0.717) is 0 Å². The second-order valence-electron chi connectivity index (χ2n) is 8.40. The van der Waals surface area contributed by atoms with Gasteiger partial charge in [-0.25, -0.2) is 19.2 Å². The molecule has 3 aromatic carbocycles. The van der Waals surface area contributed by atoms with Gasteiger partial charge in [0.1, 0.15) is 6.10 Å². The summed E-state index contributed by atoms with van der Waals surface area (Å²) >= 11 is 0. The van der Waals surface area contributed by atoms with Crippen molar-refractivity contribution in [1.29, 1.82) is 0 Å². The van der Waals surface area contributed by atoms with Crippen LogP contribution in [-0.4, -0.2) is 59.4 Å². The van der Waals surface area contributed by atoms with Crippen molar-refractivity contribution in [3.05, 3.63) is 114 Å². The van der Waals surface area contributed by atoms with Crippen molar-refractivity contribution in [2.24, 2.45) is 0 Å². The number of benzene rings is 3. The lowest BCUT2D eigenvalue weighted by atomic mass is 9.95. The van der Waals surface area contributed by atoms with Gasteiger partial charge in [0, 0.05) is 6.42 Å². The molecule has 3 aromatic rings. The maximum atomic E-state index is 13.0. The van der Waals surface area contributed by atoms with E-state index in [2.05, 4.69) is 0 Å². The molecule has 1 aliphatic heterocycles. The molecule has 0 aromatic heterocycles. The number of hydrogen-bond acceptors (Lipinski definition) is 9. The zero-order valence-corrected chi connectivity index (χ0v) is 20.4.